The number of anilines is 1. The Bertz CT molecular complexity index is 2020. The van der Waals surface area contributed by atoms with Gasteiger partial charge in [-0.25, -0.2) is 23.2 Å². The standard InChI is InChI=1S/C43H56ClN3O6SSi/c1-42(2,3)55(5,6)53-38(18-13-29-10-11-33(29)26-54(49,50)41-45-21-8-22-46-41)35-16-12-32(35)25-47-27-43(20-7-9-30-23-34(44)15-17-36(30)43)28-52-39-19-14-31(24-37(39)47)40(48)51-4/h8,13-15,17-19,21-24,29,32-33,35,38H,7,9-12,16,20,25-28H2,1-6H3/b18-13-/t29-,32-,33-,35+,38-,43-/m0/s1. The zero-order valence-electron chi connectivity index (χ0n) is 33.1. The lowest BCUT2D eigenvalue weighted by molar-refractivity contribution is 0.0519. The van der Waals surface area contributed by atoms with Crippen molar-refractivity contribution < 1.29 is 27.1 Å². The zero-order valence-corrected chi connectivity index (χ0v) is 35.7. The Hall–Kier alpha value is -3.25. The molecule has 2 aromatic carbocycles. The smallest absolute Gasteiger partial charge is 0.337 e. The summed E-state index contributed by atoms with van der Waals surface area (Å²) in [4.78, 5) is 23.3. The summed E-state index contributed by atoms with van der Waals surface area (Å²) in [6, 6.07) is 13.6. The predicted octanol–water partition coefficient (Wildman–Crippen LogP) is 8.86. The molecule has 0 unspecified atom stereocenters. The largest absolute Gasteiger partial charge is 0.490 e. The van der Waals surface area contributed by atoms with Gasteiger partial charge >= 0.3 is 5.97 Å². The van der Waals surface area contributed by atoms with Crippen LogP contribution in [0.1, 0.15) is 80.8 Å². The molecule has 4 aliphatic rings. The van der Waals surface area contributed by atoms with Crippen LogP contribution in [0.15, 0.2) is 72.2 Å². The normalized spacial score (nSPS) is 25.9. The maximum Gasteiger partial charge on any atom is 0.337 e. The van der Waals surface area contributed by atoms with Crippen LogP contribution in [0, 0.1) is 23.7 Å². The maximum atomic E-state index is 13.2. The summed E-state index contributed by atoms with van der Waals surface area (Å²) in [5.41, 5.74) is 3.78. The minimum atomic E-state index is -3.58. The molecule has 0 radical (unpaired) electrons. The van der Waals surface area contributed by atoms with Gasteiger partial charge in [0, 0.05) is 35.9 Å². The minimum absolute atomic E-state index is 0.0239. The van der Waals surface area contributed by atoms with Crippen molar-refractivity contribution in [3.8, 4) is 5.75 Å². The van der Waals surface area contributed by atoms with Gasteiger partial charge in [-0.3, -0.25) is 0 Å². The number of methoxy groups -OCH3 is 1. The highest BCUT2D eigenvalue weighted by molar-refractivity contribution is 7.91. The number of benzene rings is 2. The van der Waals surface area contributed by atoms with Crippen LogP contribution in [0.25, 0.3) is 0 Å². The Morgan fingerprint density at radius 2 is 1.85 bits per heavy atom. The highest BCUT2D eigenvalue weighted by atomic mass is 35.5. The number of halogens is 1. The van der Waals surface area contributed by atoms with Crippen molar-refractivity contribution >= 4 is 41.4 Å². The number of hydrogen-bond donors (Lipinski definition) is 0. The fraction of sp³-hybridized carbons (Fsp3) is 0.558. The number of rotatable bonds is 11. The van der Waals surface area contributed by atoms with Gasteiger partial charge in [0.25, 0.3) is 0 Å². The molecule has 55 heavy (non-hydrogen) atoms. The van der Waals surface area contributed by atoms with Gasteiger partial charge in [-0.05, 0) is 134 Å². The van der Waals surface area contributed by atoms with E-state index in [9.17, 15) is 13.2 Å². The van der Waals surface area contributed by atoms with E-state index in [1.54, 1.807) is 12.1 Å². The van der Waals surface area contributed by atoms with Crippen molar-refractivity contribution in [2.24, 2.45) is 23.7 Å². The second kappa shape index (κ2) is 15.6. The third kappa shape index (κ3) is 8.27. The van der Waals surface area contributed by atoms with Gasteiger partial charge in [0.2, 0.25) is 15.0 Å². The maximum absolute atomic E-state index is 13.2. The fourth-order valence-electron chi connectivity index (χ4n) is 8.79. The Labute approximate surface area is 333 Å². The first-order valence-electron chi connectivity index (χ1n) is 19.8. The molecule has 0 saturated heterocycles. The van der Waals surface area contributed by atoms with Crippen LogP contribution in [0.2, 0.25) is 23.2 Å². The molecule has 6 atom stereocenters. The number of allylic oxidation sites excluding steroid dienone is 1. The minimum Gasteiger partial charge on any atom is -0.490 e. The van der Waals surface area contributed by atoms with Gasteiger partial charge in [0.1, 0.15) is 5.75 Å². The lowest BCUT2D eigenvalue weighted by atomic mass is 9.68. The molecule has 296 valence electrons. The number of fused-ring (bicyclic) bond motifs is 3. The van der Waals surface area contributed by atoms with Crippen molar-refractivity contribution in [1.82, 2.24) is 9.97 Å². The van der Waals surface area contributed by atoms with E-state index in [1.165, 1.54) is 30.6 Å². The molecule has 9 nitrogen and oxygen atoms in total. The number of aromatic nitrogens is 2. The lowest BCUT2D eigenvalue weighted by Gasteiger charge is -2.48. The van der Waals surface area contributed by atoms with Crippen LogP contribution < -0.4 is 9.64 Å². The van der Waals surface area contributed by atoms with Crippen LogP contribution in [-0.4, -0.2) is 71.3 Å². The van der Waals surface area contributed by atoms with Gasteiger partial charge in [-0.15, -0.1) is 0 Å². The number of sulfone groups is 1. The molecular formula is C43H56ClN3O6SSi. The molecule has 0 bridgehead atoms. The predicted molar refractivity (Wildman–Crippen MR) is 219 cm³/mol. The molecule has 1 aliphatic heterocycles. The number of ether oxygens (including phenoxy) is 2. The highest BCUT2D eigenvalue weighted by Gasteiger charge is 2.47. The summed E-state index contributed by atoms with van der Waals surface area (Å²) in [5, 5.41) is 0.685. The molecule has 7 rings (SSSR count). The van der Waals surface area contributed by atoms with Crippen LogP contribution >= 0.6 is 11.6 Å². The van der Waals surface area contributed by atoms with Gasteiger partial charge < -0.3 is 18.8 Å². The van der Waals surface area contributed by atoms with Gasteiger partial charge in [-0.1, -0.05) is 50.6 Å². The number of nitrogens with zero attached hydrogens (tertiary/aromatic N) is 3. The molecule has 0 N–H and O–H groups in total. The molecule has 2 fully saturated rings. The van der Waals surface area contributed by atoms with Crippen molar-refractivity contribution in [2.45, 2.75) is 101 Å². The van der Waals surface area contributed by atoms with Gasteiger partial charge in [0.05, 0.1) is 36.8 Å². The highest BCUT2D eigenvalue weighted by Crippen LogP contribution is 2.49. The van der Waals surface area contributed by atoms with Crippen LogP contribution in [0.3, 0.4) is 0 Å². The first-order chi connectivity index (χ1) is 26.1. The Balaban J connectivity index is 1.17. The topological polar surface area (TPSA) is 108 Å². The second-order valence-electron chi connectivity index (χ2n) is 17.8. The molecule has 2 heterocycles. The van der Waals surface area contributed by atoms with Crippen molar-refractivity contribution in [3.05, 3.63) is 88.7 Å². The number of carbonyl (C=O) groups is 1. The van der Waals surface area contributed by atoms with E-state index in [1.807, 2.05) is 18.2 Å². The molecule has 3 aromatic rings. The van der Waals surface area contributed by atoms with Gasteiger partial charge in [0.15, 0.2) is 8.32 Å². The van der Waals surface area contributed by atoms with Crippen LogP contribution in [-0.2, 0) is 30.8 Å². The van der Waals surface area contributed by atoms with Crippen molar-refractivity contribution in [1.29, 1.82) is 0 Å². The van der Waals surface area contributed by atoms with E-state index in [0.717, 1.165) is 74.5 Å². The van der Waals surface area contributed by atoms with E-state index in [0.29, 0.717) is 18.1 Å². The molecule has 0 amide bonds. The molecule has 1 spiro atoms. The van der Waals surface area contributed by atoms with Crippen LogP contribution in [0.4, 0.5) is 5.69 Å². The summed E-state index contributed by atoms with van der Waals surface area (Å²) < 4.78 is 45.5. The zero-order chi connectivity index (χ0) is 39.2. The number of esters is 1. The van der Waals surface area contributed by atoms with Gasteiger partial charge in [-0.2, -0.15) is 0 Å². The Kier molecular flexibility index (Phi) is 11.3. The number of hydrogen-bond acceptors (Lipinski definition) is 9. The number of aryl methyl sites for hydroxylation is 1. The van der Waals surface area contributed by atoms with Crippen molar-refractivity contribution in [2.75, 3.05) is 37.5 Å². The van der Waals surface area contributed by atoms with E-state index >= 15 is 0 Å². The van der Waals surface area contributed by atoms with E-state index in [4.69, 9.17) is 25.5 Å². The second-order valence-corrected chi connectivity index (χ2v) is 24.9. The van der Waals surface area contributed by atoms with Crippen LogP contribution in [0.5, 0.6) is 5.75 Å². The van der Waals surface area contributed by atoms with E-state index < -0.39 is 18.2 Å². The Morgan fingerprint density at radius 1 is 1.09 bits per heavy atom. The van der Waals surface area contributed by atoms with E-state index in [-0.39, 0.29) is 51.2 Å². The Morgan fingerprint density at radius 3 is 2.53 bits per heavy atom. The molecule has 3 aliphatic carbocycles. The lowest BCUT2D eigenvalue weighted by Crippen LogP contribution is -2.52. The third-order valence-corrected chi connectivity index (χ3v) is 19.7. The monoisotopic (exact) mass is 805 g/mol. The summed E-state index contributed by atoms with van der Waals surface area (Å²) in [5.74, 6) is 1.27. The molecule has 12 heteroatoms. The average molecular weight is 807 g/mol. The third-order valence-electron chi connectivity index (χ3n) is 13.3. The summed E-state index contributed by atoms with van der Waals surface area (Å²) in [7, 11) is -4.35. The first-order valence-corrected chi connectivity index (χ1v) is 24.8. The fourth-order valence-corrected chi connectivity index (χ4v) is 11.8. The summed E-state index contributed by atoms with van der Waals surface area (Å²) >= 11 is 6.50. The summed E-state index contributed by atoms with van der Waals surface area (Å²) in [6.07, 6.45) is 14.4. The molecule has 2 saturated carbocycles. The van der Waals surface area contributed by atoms with E-state index in [2.05, 4.69) is 73.0 Å². The first kappa shape index (κ1) is 40.0. The molecular weight excluding hydrogens is 750 g/mol. The quantitative estimate of drug-likeness (QED) is 0.0813. The van der Waals surface area contributed by atoms with Crippen molar-refractivity contribution in [3.63, 3.8) is 0 Å². The summed E-state index contributed by atoms with van der Waals surface area (Å²) in [6.45, 7) is 13.6. The average Bonchev–Trinajstić information content (AvgIpc) is 3.28. The molecule has 1 aromatic heterocycles. The SMILES string of the molecule is COC(=O)c1ccc2c(c1)N(C[C@@H]1CC[C@H]1[C@H](/C=C\[C@@H]1CC[C@H]1CS(=O)(=O)c1ncccn1)O[Si](C)(C)C(C)(C)C)C[C@@]1(CCCc3cc(Cl)ccc31)CO2. The number of carbonyl (C=O) groups excluding carboxylic acids is 1.